The van der Waals surface area contributed by atoms with E-state index in [0.717, 1.165) is 22.0 Å². The van der Waals surface area contributed by atoms with E-state index in [1.807, 2.05) is 0 Å². The lowest BCUT2D eigenvalue weighted by atomic mass is 10.6. The van der Waals surface area contributed by atoms with Crippen LogP contribution in [0.3, 0.4) is 0 Å². The van der Waals surface area contributed by atoms with Gasteiger partial charge in [-0.2, -0.15) is 0 Å². The molecule has 0 spiro atoms. The molecule has 0 saturated carbocycles. The Morgan fingerprint density at radius 1 is 1.36 bits per heavy atom. The van der Waals surface area contributed by atoms with Crippen molar-refractivity contribution in [2.24, 2.45) is 0 Å². The highest BCUT2D eigenvalue weighted by Crippen LogP contribution is 2.06. The van der Waals surface area contributed by atoms with Crippen molar-refractivity contribution in [1.82, 2.24) is 4.23 Å². The molecule has 0 aliphatic heterocycles. The zero-order chi connectivity index (χ0) is 8.91. The first-order chi connectivity index (χ1) is 4.98. The van der Waals surface area contributed by atoms with Gasteiger partial charge < -0.3 is 4.23 Å². The highest BCUT2D eigenvalue weighted by atomic mass is 35.5. The highest BCUT2D eigenvalue weighted by Gasteiger charge is 2.18. The molecule has 0 aromatic heterocycles. The van der Waals surface area contributed by atoms with Crippen molar-refractivity contribution < 1.29 is 0 Å². The molecule has 2 radical (unpaired) electrons. The third-order valence-electron chi connectivity index (χ3n) is 1.67. The van der Waals surface area contributed by atoms with E-state index in [-0.39, 0.29) is 0 Å². The SMILES string of the molecule is CN([Si]CCCCl)[Si](C)(C)C. The number of halogens is 1. The van der Waals surface area contributed by atoms with E-state index < -0.39 is 8.24 Å². The van der Waals surface area contributed by atoms with Crippen LogP contribution in [0.15, 0.2) is 0 Å². The van der Waals surface area contributed by atoms with Gasteiger partial charge in [0.05, 0.1) is 0 Å². The van der Waals surface area contributed by atoms with Crippen LogP contribution in [0, 0.1) is 0 Å². The summed E-state index contributed by atoms with van der Waals surface area (Å²) in [6.07, 6.45) is 1.16. The van der Waals surface area contributed by atoms with E-state index in [1.165, 1.54) is 6.04 Å². The molecular weight excluding hydrogens is 190 g/mol. The first-order valence-corrected chi connectivity index (χ1v) is 9.15. The van der Waals surface area contributed by atoms with Crippen LogP contribution < -0.4 is 0 Å². The fourth-order valence-corrected chi connectivity index (χ4v) is 3.81. The van der Waals surface area contributed by atoms with Crippen molar-refractivity contribution in [3.8, 4) is 0 Å². The van der Waals surface area contributed by atoms with Crippen molar-refractivity contribution in [3.63, 3.8) is 0 Å². The molecule has 0 amide bonds. The zero-order valence-corrected chi connectivity index (χ0v) is 10.7. The second kappa shape index (κ2) is 5.35. The molecule has 4 heteroatoms. The molecule has 0 aromatic rings. The van der Waals surface area contributed by atoms with Gasteiger partial charge >= 0.3 is 0 Å². The Balaban J connectivity index is 3.44. The van der Waals surface area contributed by atoms with Crippen LogP contribution >= 0.6 is 11.6 Å². The summed E-state index contributed by atoms with van der Waals surface area (Å²) in [5.74, 6) is 0.812. The summed E-state index contributed by atoms with van der Waals surface area (Å²) in [6.45, 7) is 7.13. The quantitative estimate of drug-likeness (QED) is 0.380. The van der Waals surface area contributed by atoms with Crippen LogP contribution in [-0.2, 0) is 0 Å². The molecule has 0 bridgehead atoms. The van der Waals surface area contributed by atoms with E-state index in [4.69, 9.17) is 11.6 Å². The van der Waals surface area contributed by atoms with Gasteiger partial charge in [-0.1, -0.05) is 19.6 Å². The van der Waals surface area contributed by atoms with Crippen LogP contribution in [0.25, 0.3) is 0 Å². The lowest BCUT2D eigenvalue weighted by Crippen LogP contribution is -2.45. The standard InChI is InChI=1S/C7H18ClNSi2/c1-9(11(2,3)4)10-7-5-6-8/h5-7H2,1-4H3. The lowest BCUT2D eigenvalue weighted by Gasteiger charge is -2.29. The van der Waals surface area contributed by atoms with Gasteiger partial charge in [0, 0.05) is 5.88 Å². The molecule has 0 rings (SSSR count). The number of rotatable bonds is 5. The average molecular weight is 208 g/mol. The van der Waals surface area contributed by atoms with E-state index >= 15 is 0 Å². The van der Waals surface area contributed by atoms with E-state index in [1.54, 1.807) is 0 Å². The molecule has 0 unspecified atom stereocenters. The maximum Gasteiger partial charge on any atom is 0.134 e. The summed E-state index contributed by atoms with van der Waals surface area (Å²) in [4.78, 5) is 0. The fourth-order valence-electron chi connectivity index (χ4n) is 0.551. The Labute approximate surface area is 79.1 Å². The van der Waals surface area contributed by atoms with Crippen molar-refractivity contribution in [1.29, 1.82) is 0 Å². The highest BCUT2D eigenvalue weighted by molar-refractivity contribution is 6.78. The van der Waals surface area contributed by atoms with Crippen LogP contribution in [0.2, 0.25) is 25.7 Å². The minimum Gasteiger partial charge on any atom is -0.350 e. The van der Waals surface area contributed by atoms with Crippen molar-refractivity contribution in [2.75, 3.05) is 12.9 Å². The van der Waals surface area contributed by atoms with E-state index in [2.05, 4.69) is 30.9 Å². The molecule has 0 heterocycles. The molecule has 66 valence electrons. The molecule has 1 nitrogen and oxygen atoms in total. The second-order valence-corrected chi connectivity index (χ2v) is 11.0. The Morgan fingerprint density at radius 3 is 2.27 bits per heavy atom. The number of hydrogen-bond acceptors (Lipinski definition) is 1. The smallest absolute Gasteiger partial charge is 0.134 e. The largest absolute Gasteiger partial charge is 0.350 e. The van der Waals surface area contributed by atoms with Crippen LogP contribution in [0.1, 0.15) is 6.42 Å². The monoisotopic (exact) mass is 207 g/mol. The molecule has 0 fully saturated rings. The summed E-state index contributed by atoms with van der Waals surface area (Å²) in [6, 6.07) is 1.27. The topological polar surface area (TPSA) is 3.24 Å². The fraction of sp³-hybridized carbons (Fsp3) is 1.00. The first-order valence-electron chi connectivity index (χ1n) is 4.02. The molecule has 11 heavy (non-hydrogen) atoms. The maximum absolute atomic E-state index is 5.60. The summed E-state index contributed by atoms with van der Waals surface area (Å²) < 4.78 is 2.53. The molecule has 0 aliphatic carbocycles. The van der Waals surface area contributed by atoms with Crippen LogP contribution in [0.5, 0.6) is 0 Å². The molecular formula is C7H18ClNSi2. The molecule has 0 aromatic carbocycles. The van der Waals surface area contributed by atoms with Gasteiger partial charge in [0.2, 0.25) is 0 Å². The van der Waals surface area contributed by atoms with E-state index in [0.29, 0.717) is 0 Å². The zero-order valence-electron chi connectivity index (χ0n) is 7.95. The number of hydrogen-bond donors (Lipinski definition) is 0. The predicted octanol–water partition coefficient (Wildman–Crippen LogP) is 2.42. The first kappa shape index (κ1) is 11.7. The third-order valence-corrected chi connectivity index (χ3v) is 7.48. The van der Waals surface area contributed by atoms with Gasteiger partial charge in [-0.3, -0.25) is 0 Å². The third kappa shape index (κ3) is 5.90. The Bertz CT molecular complexity index is 103. The summed E-state index contributed by atoms with van der Waals surface area (Å²) >= 11 is 5.60. The van der Waals surface area contributed by atoms with Gasteiger partial charge in [0.25, 0.3) is 0 Å². The summed E-state index contributed by atoms with van der Waals surface area (Å²) in [5, 5.41) is 0. The minimum absolute atomic E-state index is 0.812. The van der Waals surface area contributed by atoms with Crippen LogP contribution in [0.4, 0.5) is 0 Å². The number of nitrogens with zero attached hydrogens (tertiary/aromatic N) is 1. The van der Waals surface area contributed by atoms with Gasteiger partial charge in [-0.25, -0.2) is 0 Å². The van der Waals surface area contributed by atoms with Gasteiger partial charge in [0.1, 0.15) is 17.9 Å². The molecule has 0 atom stereocenters. The van der Waals surface area contributed by atoms with E-state index in [9.17, 15) is 0 Å². The average Bonchev–Trinajstić information content (AvgIpc) is 1.86. The number of alkyl halides is 1. The van der Waals surface area contributed by atoms with Gasteiger partial charge in [-0.15, -0.1) is 11.6 Å². The summed E-state index contributed by atoms with van der Waals surface area (Å²) in [7, 11) is 2.20. The minimum atomic E-state index is -1.01. The Kier molecular flexibility index (Phi) is 5.68. The Hall–Kier alpha value is 0.684. The lowest BCUT2D eigenvalue weighted by molar-refractivity contribution is 0.787. The summed E-state index contributed by atoms with van der Waals surface area (Å²) in [5.41, 5.74) is 0. The van der Waals surface area contributed by atoms with Crippen molar-refractivity contribution >= 4 is 29.5 Å². The molecule has 0 aliphatic rings. The van der Waals surface area contributed by atoms with Crippen molar-refractivity contribution in [3.05, 3.63) is 0 Å². The Morgan fingerprint density at radius 2 is 1.91 bits per heavy atom. The maximum atomic E-state index is 5.60. The van der Waals surface area contributed by atoms with Gasteiger partial charge in [-0.05, 0) is 19.5 Å². The van der Waals surface area contributed by atoms with Gasteiger partial charge in [0.15, 0.2) is 0 Å². The second-order valence-electron chi connectivity index (χ2n) is 3.68. The normalized spacial score (nSPS) is 12.5. The predicted molar refractivity (Wildman–Crippen MR) is 57.0 cm³/mol. The van der Waals surface area contributed by atoms with Crippen LogP contribution in [-0.4, -0.2) is 35.1 Å². The van der Waals surface area contributed by atoms with Crippen molar-refractivity contribution in [2.45, 2.75) is 32.1 Å². The molecule has 0 N–H and O–H groups in total. The molecule has 0 saturated heterocycles.